The molecule has 7 heteroatoms. The van der Waals surface area contributed by atoms with Crippen LogP contribution in [-0.2, 0) is 16.6 Å². The number of sulfonamides is 1. The van der Waals surface area contributed by atoms with Gasteiger partial charge in [-0.25, -0.2) is 13.1 Å². The maximum atomic E-state index is 12.4. The van der Waals surface area contributed by atoms with E-state index < -0.39 is 10.0 Å². The Bertz CT molecular complexity index is 611. The zero-order chi connectivity index (χ0) is 14.9. The molecule has 1 saturated heterocycles. The molecule has 0 aromatic heterocycles. The van der Waals surface area contributed by atoms with Gasteiger partial charge in [-0.05, 0) is 58.6 Å². The van der Waals surface area contributed by atoms with Gasteiger partial charge in [0.25, 0.3) is 0 Å². The Morgan fingerprint density at radius 3 is 2.67 bits per heavy atom. The van der Waals surface area contributed by atoms with Crippen LogP contribution in [0.1, 0.15) is 24.8 Å². The Hall–Kier alpha value is -0.0800. The van der Waals surface area contributed by atoms with Gasteiger partial charge in [0.15, 0.2) is 0 Å². The summed E-state index contributed by atoms with van der Waals surface area (Å²) in [5.74, 6) is 1.89. The molecule has 1 heterocycles. The fourth-order valence-corrected chi connectivity index (χ4v) is 5.99. The van der Waals surface area contributed by atoms with Crippen LogP contribution in [-0.4, -0.2) is 32.0 Å². The summed E-state index contributed by atoms with van der Waals surface area (Å²) < 4.78 is 28.3. The molecule has 1 aliphatic heterocycles. The van der Waals surface area contributed by atoms with Gasteiger partial charge in [-0.3, -0.25) is 0 Å². The summed E-state index contributed by atoms with van der Waals surface area (Å²) in [7, 11) is -3.44. The molecule has 2 aliphatic rings. The van der Waals surface area contributed by atoms with Gasteiger partial charge in [-0.15, -0.1) is 0 Å². The van der Waals surface area contributed by atoms with Crippen LogP contribution in [0.3, 0.4) is 0 Å². The van der Waals surface area contributed by atoms with E-state index in [9.17, 15) is 8.42 Å². The average molecular weight is 391 g/mol. The van der Waals surface area contributed by atoms with E-state index in [1.807, 2.05) is 12.1 Å². The second-order valence-corrected chi connectivity index (χ2v) is 9.29. The van der Waals surface area contributed by atoms with E-state index in [-0.39, 0.29) is 6.04 Å². The Labute approximate surface area is 138 Å². The summed E-state index contributed by atoms with van der Waals surface area (Å²) in [5, 5.41) is 3.43. The van der Waals surface area contributed by atoms with Gasteiger partial charge in [-0.1, -0.05) is 6.07 Å². The number of rotatable bonds is 6. The second-order valence-electron chi connectivity index (χ2n) is 5.60. The van der Waals surface area contributed by atoms with Crippen LogP contribution in [0.15, 0.2) is 27.6 Å². The van der Waals surface area contributed by atoms with Crippen LogP contribution >= 0.6 is 27.7 Å². The summed E-state index contributed by atoms with van der Waals surface area (Å²) in [6.07, 6.45) is 3.40. The SMILES string of the molecule is O=S(=O)(NC1CCSC1)c1ccc(CNC2CC2)cc1Br. The van der Waals surface area contributed by atoms with Crippen molar-refractivity contribution >= 4 is 37.7 Å². The topological polar surface area (TPSA) is 58.2 Å². The fourth-order valence-electron chi connectivity index (χ4n) is 2.33. The lowest BCUT2D eigenvalue weighted by molar-refractivity contribution is 0.562. The minimum atomic E-state index is -3.44. The molecule has 0 amide bonds. The van der Waals surface area contributed by atoms with E-state index >= 15 is 0 Å². The first-order valence-electron chi connectivity index (χ1n) is 7.16. The molecular weight excluding hydrogens is 372 g/mol. The van der Waals surface area contributed by atoms with Crippen molar-refractivity contribution < 1.29 is 8.42 Å². The smallest absolute Gasteiger partial charge is 0.241 e. The third kappa shape index (κ3) is 4.22. The number of halogens is 1. The molecule has 1 saturated carbocycles. The summed E-state index contributed by atoms with van der Waals surface area (Å²) in [6, 6.07) is 6.18. The van der Waals surface area contributed by atoms with Gasteiger partial charge in [0.05, 0.1) is 4.90 Å². The third-order valence-corrected chi connectivity index (χ3v) is 7.37. The highest BCUT2D eigenvalue weighted by molar-refractivity contribution is 9.10. The monoisotopic (exact) mass is 390 g/mol. The van der Waals surface area contributed by atoms with E-state index in [4.69, 9.17) is 0 Å². The van der Waals surface area contributed by atoms with Crippen molar-refractivity contribution in [2.75, 3.05) is 11.5 Å². The van der Waals surface area contributed by atoms with Crippen molar-refractivity contribution in [1.82, 2.24) is 10.0 Å². The van der Waals surface area contributed by atoms with E-state index in [1.54, 1.807) is 17.8 Å². The van der Waals surface area contributed by atoms with Crippen LogP contribution in [0, 0.1) is 0 Å². The van der Waals surface area contributed by atoms with Crippen LogP contribution < -0.4 is 10.0 Å². The quantitative estimate of drug-likeness (QED) is 0.783. The highest BCUT2D eigenvalue weighted by Crippen LogP contribution is 2.26. The molecule has 1 unspecified atom stereocenters. The number of hydrogen-bond donors (Lipinski definition) is 2. The summed E-state index contributed by atoms with van der Waals surface area (Å²) in [5.41, 5.74) is 1.10. The first kappa shape index (κ1) is 15.8. The Balaban J connectivity index is 1.70. The van der Waals surface area contributed by atoms with Gasteiger partial charge < -0.3 is 5.32 Å². The third-order valence-electron chi connectivity index (χ3n) is 3.71. The molecule has 1 aliphatic carbocycles. The van der Waals surface area contributed by atoms with Crippen LogP contribution in [0.2, 0.25) is 0 Å². The van der Waals surface area contributed by atoms with Gasteiger partial charge in [0.2, 0.25) is 10.0 Å². The van der Waals surface area contributed by atoms with Crippen molar-refractivity contribution in [3.63, 3.8) is 0 Å². The number of nitrogens with one attached hydrogen (secondary N) is 2. The van der Waals surface area contributed by atoms with Crippen molar-refractivity contribution in [2.45, 2.75) is 42.8 Å². The highest BCUT2D eigenvalue weighted by Gasteiger charge is 2.25. The molecule has 4 nitrogen and oxygen atoms in total. The average Bonchev–Trinajstić information content (AvgIpc) is 3.13. The van der Waals surface area contributed by atoms with E-state index in [0.717, 1.165) is 30.0 Å². The van der Waals surface area contributed by atoms with E-state index in [1.165, 1.54) is 12.8 Å². The van der Waals surface area contributed by atoms with E-state index in [0.29, 0.717) is 15.4 Å². The maximum Gasteiger partial charge on any atom is 0.241 e. The van der Waals surface area contributed by atoms with Crippen molar-refractivity contribution in [3.05, 3.63) is 28.2 Å². The van der Waals surface area contributed by atoms with Crippen LogP contribution in [0.5, 0.6) is 0 Å². The van der Waals surface area contributed by atoms with Gasteiger partial charge >= 0.3 is 0 Å². The molecule has 116 valence electrons. The largest absolute Gasteiger partial charge is 0.310 e. The maximum absolute atomic E-state index is 12.4. The number of thioether (sulfide) groups is 1. The van der Waals surface area contributed by atoms with Crippen LogP contribution in [0.25, 0.3) is 0 Å². The molecule has 1 aromatic rings. The summed E-state index contributed by atoms with van der Waals surface area (Å²) in [6.45, 7) is 0.788. The second kappa shape index (κ2) is 6.58. The molecule has 1 atom stereocenters. The Kier molecular flexibility index (Phi) is 4.95. The molecule has 0 radical (unpaired) electrons. The van der Waals surface area contributed by atoms with Crippen molar-refractivity contribution in [1.29, 1.82) is 0 Å². The van der Waals surface area contributed by atoms with Crippen LogP contribution in [0.4, 0.5) is 0 Å². The van der Waals surface area contributed by atoms with Gasteiger partial charge in [0.1, 0.15) is 0 Å². The van der Waals surface area contributed by atoms with Gasteiger partial charge in [0, 0.05) is 28.9 Å². The molecule has 0 spiro atoms. The number of benzene rings is 1. The molecule has 3 rings (SSSR count). The fraction of sp³-hybridized carbons (Fsp3) is 0.571. The highest BCUT2D eigenvalue weighted by atomic mass is 79.9. The predicted octanol–water partition coefficient (Wildman–Crippen LogP) is 2.48. The molecule has 1 aromatic carbocycles. The minimum Gasteiger partial charge on any atom is -0.310 e. The zero-order valence-electron chi connectivity index (χ0n) is 11.6. The van der Waals surface area contributed by atoms with E-state index in [2.05, 4.69) is 26.0 Å². The number of hydrogen-bond acceptors (Lipinski definition) is 4. The molecular formula is C14H19BrN2O2S2. The van der Waals surface area contributed by atoms with Gasteiger partial charge in [-0.2, -0.15) is 11.8 Å². The first-order valence-corrected chi connectivity index (χ1v) is 10.6. The lowest BCUT2D eigenvalue weighted by atomic mass is 10.2. The Morgan fingerprint density at radius 1 is 1.24 bits per heavy atom. The standard InChI is InChI=1S/C14H19BrN2O2S2/c15-13-7-10(8-16-11-2-3-11)1-4-14(13)21(18,19)17-12-5-6-20-9-12/h1,4,7,11-12,16-17H,2-3,5-6,8-9H2. The lowest BCUT2D eigenvalue weighted by Crippen LogP contribution is -2.34. The predicted molar refractivity (Wildman–Crippen MR) is 90.1 cm³/mol. The zero-order valence-corrected chi connectivity index (χ0v) is 14.9. The lowest BCUT2D eigenvalue weighted by Gasteiger charge is -2.14. The minimum absolute atomic E-state index is 0.0584. The summed E-state index contributed by atoms with van der Waals surface area (Å²) in [4.78, 5) is 0.328. The molecule has 2 N–H and O–H groups in total. The Morgan fingerprint density at radius 2 is 2.05 bits per heavy atom. The summed E-state index contributed by atoms with van der Waals surface area (Å²) >= 11 is 5.20. The van der Waals surface area contributed by atoms with Crippen molar-refractivity contribution in [3.8, 4) is 0 Å². The molecule has 0 bridgehead atoms. The van der Waals surface area contributed by atoms with Crippen molar-refractivity contribution in [2.24, 2.45) is 0 Å². The first-order chi connectivity index (χ1) is 10.0. The normalized spacial score (nSPS) is 22.6. The molecule has 2 fully saturated rings. The molecule has 21 heavy (non-hydrogen) atoms.